The smallest absolute Gasteiger partial charge is 0.259 e. The molecule has 1 aliphatic heterocycles. The number of hydrogen-bond donors (Lipinski definition) is 2. The number of aromatic nitrogens is 2. The van der Waals surface area contributed by atoms with E-state index in [0.29, 0.717) is 23.3 Å². The van der Waals surface area contributed by atoms with Crippen molar-refractivity contribution in [3.63, 3.8) is 0 Å². The van der Waals surface area contributed by atoms with E-state index in [1.165, 1.54) is 6.42 Å². The summed E-state index contributed by atoms with van der Waals surface area (Å²) in [5, 5.41) is 7.36. The quantitative estimate of drug-likeness (QED) is 0.660. The van der Waals surface area contributed by atoms with Gasteiger partial charge in [0.15, 0.2) is 0 Å². The second-order valence-electron chi connectivity index (χ2n) is 9.72. The molecule has 3 aliphatic rings. The molecule has 2 atom stereocenters. The Morgan fingerprint density at radius 3 is 2.72 bits per heavy atom. The van der Waals surface area contributed by atoms with Crippen molar-refractivity contribution in [2.45, 2.75) is 71.4 Å². The molecule has 6 heteroatoms. The minimum atomic E-state index is 0.0276. The first kappa shape index (κ1) is 21.0. The molecule has 2 aliphatic carbocycles. The van der Waals surface area contributed by atoms with Crippen LogP contribution >= 0.6 is 0 Å². The van der Waals surface area contributed by atoms with E-state index in [9.17, 15) is 9.59 Å². The summed E-state index contributed by atoms with van der Waals surface area (Å²) >= 11 is 0. The zero-order valence-corrected chi connectivity index (χ0v) is 19.1. The van der Waals surface area contributed by atoms with Crippen LogP contribution < -0.4 is 16.2 Å². The van der Waals surface area contributed by atoms with Gasteiger partial charge >= 0.3 is 0 Å². The Labute approximate surface area is 188 Å². The summed E-state index contributed by atoms with van der Waals surface area (Å²) in [7, 11) is 0. The molecule has 3 heterocycles. The second kappa shape index (κ2) is 8.23. The number of carbonyl (C=O) groups is 1. The fraction of sp³-hybridized carbons (Fsp3) is 0.500. The number of rotatable bonds is 7. The van der Waals surface area contributed by atoms with Crippen LogP contribution in [0.3, 0.4) is 0 Å². The summed E-state index contributed by atoms with van der Waals surface area (Å²) < 4.78 is 1.92. The van der Waals surface area contributed by atoms with Gasteiger partial charge in [0.1, 0.15) is 5.82 Å². The van der Waals surface area contributed by atoms with E-state index < -0.39 is 0 Å². The summed E-state index contributed by atoms with van der Waals surface area (Å²) in [4.78, 5) is 30.3. The van der Waals surface area contributed by atoms with Crippen molar-refractivity contribution in [2.75, 3.05) is 5.32 Å². The van der Waals surface area contributed by atoms with Crippen LogP contribution in [0.1, 0.15) is 70.9 Å². The van der Waals surface area contributed by atoms with E-state index in [1.54, 1.807) is 6.20 Å². The van der Waals surface area contributed by atoms with E-state index in [1.807, 2.05) is 22.9 Å². The van der Waals surface area contributed by atoms with E-state index in [4.69, 9.17) is 0 Å². The summed E-state index contributed by atoms with van der Waals surface area (Å²) in [6.07, 6.45) is 12.3. The molecular weight excluding hydrogens is 400 g/mol. The summed E-state index contributed by atoms with van der Waals surface area (Å²) in [5.41, 5.74) is 3.69. The van der Waals surface area contributed by atoms with Crippen molar-refractivity contribution in [3.8, 4) is 0 Å². The minimum absolute atomic E-state index is 0.0276. The molecule has 2 saturated carbocycles. The zero-order chi connectivity index (χ0) is 22.4. The predicted molar refractivity (Wildman–Crippen MR) is 128 cm³/mol. The van der Waals surface area contributed by atoms with Crippen molar-refractivity contribution >= 4 is 28.2 Å². The van der Waals surface area contributed by atoms with E-state index in [2.05, 4.69) is 42.5 Å². The lowest BCUT2D eigenvalue weighted by molar-refractivity contribution is -0.117. The van der Waals surface area contributed by atoms with Gasteiger partial charge in [0.05, 0.1) is 5.52 Å². The standard InChI is InChI=1S/C26H32N4O2/c1-4-5-15(2)22-10-16(3)21(14-27-22)20-11-18-13-28-24(29-25(31)17-6-7-17)12-23(18)30(26(20)32)19-8-9-19/h10-15,17,19,22,27H,4-9H2,1-3H3,(H,28,29,31)/t15-,22?/m1/s1. The Balaban J connectivity index is 1.52. The van der Waals surface area contributed by atoms with Crippen LogP contribution in [-0.2, 0) is 4.79 Å². The first-order valence-corrected chi connectivity index (χ1v) is 12.0. The Bertz CT molecular complexity index is 1180. The molecule has 1 unspecified atom stereocenters. The molecule has 5 rings (SSSR count). The van der Waals surface area contributed by atoms with Gasteiger partial charge in [0, 0.05) is 53.0 Å². The minimum Gasteiger partial charge on any atom is -0.384 e. The molecule has 2 fully saturated rings. The van der Waals surface area contributed by atoms with Gasteiger partial charge in [0.25, 0.3) is 5.56 Å². The molecular formula is C26H32N4O2. The SMILES string of the molecule is CCC[C@@H](C)C1C=C(C)C(c2cc3cnc(NC(=O)C4CC4)cc3n(C3CC3)c2=O)=CN1. The molecule has 0 spiro atoms. The monoisotopic (exact) mass is 432 g/mol. The van der Waals surface area contributed by atoms with Crippen molar-refractivity contribution in [2.24, 2.45) is 11.8 Å². The highest BCUT2D eigenvalue weighted by Gasteiger charge is 2.31. The number of pyridine rings is 2. The lowest BCUT2D eigenvalue weighted by Gasteiger charge is -2.27. The van der Waals surface area contributed by atoms with Crippen molar-refractivity contribution in [3.05, 3.63) is 52.1 Å². The maximum atomic E-state index is 13.6. The molecule has 0 bridgehead atoms. The largest absolute Gasteiger partial charge is 0.384 e. The molecule has 1 amide bonds. The third-order valence-electron chi connectivity index (χ3n) is 6.95. The van der Waals surface area contributed by atoms with Gasteiger partial charge in [0.2, 0.25) is 5.91 Å². The number of fused-ring (bicyclic) bond motifs is 1. The first-order valence-electron chi connectivity index (χ1n) is 12.0. The lowest BCUT2D eigenvalue weighted by Crippen LogP contribution is -2.33. The Hall–Kier alpha value is -2.89. The molecule has 6 nitrogen and oxygen atoms in total. The molecule has 0 aromatic carbocycles. The number of nitrogens with zero attached hydrogens (tertiary/aromatic N) is 2. The van der Waals surface area contributed by atoms with Crippen LogP contribution in [0.15, 0.2) is 41.0 Å². The van der Waals surface area contributed by atoms with Gasteiger partial charge in [-0.05, 0) is 56.6 Å². The normalized spacial score (nSPS) is 21.5. The fourth-order valence-corrected chi connectivity index (χ4v) is 4.72. The summed E-state index contributed by atoms with van der Waals surface area (Å²) in [6.45, 7) is 6.58. The predicted octanol–water partition coefficient (Wildman–Crippen LogP) is 4.78. The van der Waals surface area contributed by atoms with E-state index >= 15 is 0 Å². The maximum Gasteiger partial charge on any atom is 0.259 e. The Morgan fingerprint density at radius 2 is 2.06 bits per heavy atom. The van der Waals surface area contributed by atoms with Crippen LogP contribution in [-0.4, -0.2) is 21.5 Å². The number of anilines is 1. The highest BCUT2D eigenvalue weighted by molar-refractivity contribution is 5.95. The molecule has 2 aromatic rings. The highest BCUT2D eigenvalue weighted by Crippen LogP contribution is 2.38. The van der Waals surface area contributed by atoms with Gasteiger partial charge in [-0.25, -0.2) is 4.98 Å². The molecule has 2 aromatic heterocycles. The summed E-state index contributed by atoms with van der Waals surface area (Å²) in [6, 6.07) is 4.33. The van der Waals surface area contributed by atoms with E-state index in [0.717, 1.165) is 54.2 Å². The lowest BCUT2D eigenvalue weighted by atomic mass is 9.89. The van der Waals surface area contributed by atoms with E-state index in [-0.39, 0.29) is 23.4 Å². The van der Waals surface area contributed by atoms with Crippen molar-refractivity contribution in [1.29, 1.82) is 0 Å². The zero-order valence-electron chi connectivity index (χ0n) is 19.1. The van der Waals surface area contributed by atoms with Gasteiger partial charge in [-0.1, -0.05) is 26.3 Å². The van der Waals surface area contributed by atoms with Gasteiger partial charge in [-0.3, -0.25) is 9.59 Å². The second-order valence-corrected chi connectivity index (χ2v) is 9.72. The van der Waals surface area contributed by atoms with Crippen LogP contribution in [0.4, 0.5) is 5.82 Å². The van der Waals surface area contributed by atoms with Crippen molar-refractivity contribution < 1.29 is 4.79 Å². The van der Waals surface area contributed by atoms with Crippen LogP contribution in [0.5, 0.6) is 0 Å². The van der Waals surface area contributed by atoms with Crippen molar-refractivity contribution in [1.82, 2.24) is 14.9 Å². The number of nitrogens with one attached hydrogen (secondary N) is 2. The molecule has 32 heavy (non-hydrogen) atoms. The number of amides is 1. The highest BCUT2D eigenvalue weighted by atomic mass is 16.2. The Kier molecular flexibility index (Phi) is 5.39. The summed E-state index contributed by atoms with van der Waals surface area (Å²) in [5.74, 6) is 1.21. The number of dihydropyridines is 1. The topological polar surface area (TPSA) is 76.0 Å². The average Bonchev–Trinajstić information content (AvgIpc) is 3.67. The third-order valence-corrected chi connectivity index (χ3v) is 6.95. The Morgan fingerprint density at radius 1 is 1.28 bits per heavy atom. The number of allylic oxidation sites excluding steroid dienone is 2. The third kappa shape index (κ3) is 3.98. The van der Waals surface area contributed by atoms with Gasteiger partial charge < -0.3 is 15.2 Å². The molecule has 0 radical (unpaired) electrons. The molecule has 2 N–H and O–H groups in total. The molecule has 0 saturated heterocycles. The van der Waals surface area contributed by atoms with Crippen LogP contribution in [0, 0.1) is 11.8 Å². The fourth-order valence-electron chi connectivity index (χ4n) is 4.72. The van der Waals surface area contributed by atoms with Gasteiger partial charge in [-0.15, -0.1) is 0 Å². The van der Waals surface area contributed by atoms with Crippen LogP contribution in [0.25, 0.3) is 16.5 Å². The average molecular weight is 433 g/mol. The number of carbonyl (C=O) groups excluding carboxylic acids is 1. The number of hydrogen-bond acceptors (Lipinski definition) is 4. The first-order chi connectivity index (χ1) is 15.5. The maximum absolute atomic E-state index is 13.6. The van der Waals surface area contributed by atoms with Crippen LogP contribution in [0.2, 0.25) is 0 Å². The molecule has 168 valence electrons. The van der Waals surface area contributed by atoms with Gasteiger partial charge in [-0.2, -0.15) is 0 Å².